The molecule has 148 valence electrons. The third-order valence-electron chi connectivity index (χ3n) is 6.14. The summed E-state index contributed by atoms with van der Waals surface area (Å²) in [7, 11) is -3.58. The summed E-state index contributed by atoms with van der Waals surface area (Å²) >= 11 is 0. The molecule has 0 amide bonds. The molecule has 3 aliphatic rings. The average molecular weight is 400 g/mol. The van der Waals surface area contributed by atoms with E-state index >= 15 is 0 Å². The third-order valence-corrected chi connectivity index (χ3v) is 8.13. The Morgan fingerprint density at radius 3 is 2.54 bits per heavy atom. The van der Waals surface area contributed by atoms with E-state index in [9.17, 15) is 8.42 Å². The van der Waals surface area contributed by atoms with E-state index < -0.39 is 10.0 Å². The first-order valence-electron chi connectivity index (χ1n) is 10.1. The Hall–Kier alpha value is -2.05. The molecule has 0 aromatic heterocycles. The minimum atomic E-state index is -3.58. The van der Waals surface area contributed by atoms with Crippen LogP contribution in [0.3, 0.4) is 0 Å². The fourth-order valence-electron chi connectivity index (χ4n) is 4.64. The third kappa shape index (κ3) is 3.08. The van der Waals surface area contributed by atoms with Crippen molar-refractivity contribution in [1.82, 2.24) is 4.31 Å². The second-order valence-corrected chi connectivity index (χ2v) is 9.78. The second kappa shape index (κ2) is 7.08. The number of hydrogen-bond acceptors (Lipinski definition) is 4. The van der Waals surface area contributed by atoms with Crippen LogP contribution >= 0.6 is 0 Å². The Morgan fingerprint density at radius 2 is 1.75 bits per heavy atom. The van der Waals surface area contributed by atoms with Crippen LogP contribution in [0.2, 0.25) is 0 Å². The van der Waals surface area contributed by atoms with Crippen molar-refractivity contribution in [2.75, 3.05) is 26.3 Å². The minimum Gasteiger partial charge on any atom is -0.493 e. The van der Waals surface area contributed by atoms with Gasteiger partial charge < -0.3 is 9.47 Å². The van der Waals surface area contributed by atoms with Gasteiger partial charge in [0, 0.05) is 37.1 Å². The van der Waals surface area contributed by atoms with Gasteiger partial charge in [-0.15, -0.1) is 0 Å². The molecule has 0 aliphatic carbocycles. The van der Waals surface area contributed by atoms with Crippen LogP contribution in [0.5, 0.6) is 11.5 Å². The van der Waals surface area contributed by atoms with E-state index in [4.69, 9.17) is 9.47 Å². The maximum atomic E-state index is 13.6. The number of benzene rings is 2. The quantitative estimate of drug-likeness (QED) is 0.792. The Balaban J connectivity index is 1.38. The van der Waals surface area contributed by atoms with Gasteiger partial charge in [-0.3, -0.25) is 0 Å². The molecule has 28 heavy (non-hydrogen) atoms. The number of sulfonamides is 1. The zero-order valence-corrected chi connectivity index (χ0v) is 16.7. The van der Waals surface area contributed by atoms with Gasteiger partial charge >= 0.3 is 0 Å². The van der Waals surface area contributed by atoms with Crippen molar-refractivity contribution in [2.24, 2.45) is 5.92 Å². The number of rotatable bonds is 4. The van der Waals surface area contributed by atoms with Crippen LogP contribution in [-0.4, -0.2) is 39.0 Å². The van der Waals surface area contributed by atoms with Crippen molar-refractivity contribution < 1.29 is 17.9 Å². The standard InChI is InChI=1S/C22H25NO4S/c24-28(25,22-19-9-13-26-20(19)15-18-8-12-27-21(18)22)23-10-6-17(7-11-23)14-16-4-2-1-3-5-16/h1-5,15,17H,6-14H2. The number of fused-ring (bicyclic) bond motifs is 2. The van der Waals surface area contributed by atoms with Crippen LogP contribution in [0.1, 0.15) is 29.5 Å². The molecule has 2 aromatic carbocycles. The summed E-state index contributed by atoms with van der Waals surface area (Å²) in [6.45, 7) is 2.22. The van der Waals surface area contributed by atoms with Gasteiger partial charge in [-0.2, -0.15) is 4.31 Å². The molecule has 0 unspecified atom stereocenters. The molecule has 5 rings (SSSR count). The molecule has 3 heterocycles. The maximum absolute atomic E-state index is 13.6. The normalized spacial score (nSPS) is 19.7. The first-order valence-corrected chi connectivity index (χ1v) is 11.6. The molecule has 0 bridgehead atoms. The van der Waals surface area contributed by atoms with E-state index in [0.717, 1.165) is 42.6 Å². The van der Waals surface area contributed by atoms with E-state index in [1.807, 2.05) is 12.1 Å². The summed E-state index contributed by atoms with van der Waals surface area (Å²) < 4.78 is 40.2. The smallest absolute Gasteiger partial charge is 0.247 e. The summed E-state index contributed by atoms with van der Waals surface area (Å²) in [5.74, 6) is 1.82. The SMILES string of the molecule is O=S(=O)(c1c2c(cc3c1OCC3)OCC2)N1CCC(Cc2ccccc2)CC1. The molecule has 3 aliphatic heterocycles. The first-order chi connectivity index (χ1) is 13.6. The Kier molecular flexibility index (Phi) is 4.56. The molecule has 0 N–H and O–H groups in total. The molecular formula is C22H25NO4S. The zero-order chi connectivity index (χ0) is 19.1. The highest BCUT2D eigenvalue weighted by molar-refractivity contribution is 7.89. The van der Waals surface area contributed by atoms with Crippen molar-refractivity contribution >= 4 is 10.0 Å². The second-order valence-electron chi connectivity index (χ2n) is 7.90. The topological polar surface area (TPSA) is 55.8 Å². The highest BCUT2D eigenvalue weighted by atomic mass is 32.2. The highest BCUT2D eigenvalue weighted by Gasteiger charge is 2.38. The van der Waals surface area contributed by atoms with Gasteiger partial charge in [0.2, 0.25) is 10.0 Å². The molecule has 2 aromatic rings. The van der Waals surface area contributed by atoms with Crippen LogP contribution < -0.4 is 9.47 Å². The lowest BCUT2D eigenvalue weighted by atomic mass is 9.91. The lowest BCUT2D eigenvalue weighted by Gasteiger charge is -2.32. The average Bonchev–Trinajstić information content (AvgIpc) is 3.36. The summed E-state index contributed by atoms with van der Waals surface area (Å²) in [5.41, 5.74) is 3.08. The predicted octanol–water partition coefficient (Wildman–Crippen LogP) is 3.20. The molecule has 0 saturated carbocycles. The van der Waals surface area contributed by atoms with E-state index in [-0.39, 0.29) is 0 Å². The molecule has 5 nitrogen and oxygen atoms in total. The largest absolute Gasteiger partial charge is 0.493 e. The number of hydrogen-bond donors (Lipinski definition) is 0. The first kappa shape index (κ1) is 18.0. The van der Waals surface area contributed by atoms with Crippen molar-refractivity contribution in [3.63, 3.8) is 0 Å². The molecule has 0 radical (unpaired) electrons. The molecular weight excluding hydrogens is 374 g/mol. The van der Waals surface area contributed by atoms with Gasteiger partial charge in [0.05, 0.1) is 13.2 Å². The van der Waals surface area contributed by atoms with E-state index in [1.165, 1.54) is 5.56 Å². The number of piperidine rings is 1. The van der Waals surface area contributed by atoms with Crippen LogP contribution in [0, 0.1) is 5.92 Å². The fourth-order valence-corrected chi connectivity index (χ4v) is 6.53. The maximum Gasteiger partial charge on any atom is 0.247 e. The number of nitrogens with zero attached hydrogens (tertiary/aromatic N) is 1. The summed E-state index contributed by atoms with van der Waals surface area (Å²) in [6.07, 6.45) is 4.17. The minimum absolute atomic E-state index is 0.372. The summed E-state index contributed by atoms with van der Waals surface area (Å²) in [5, 5.41) is 0. The Morgan fingerprint density at radius 1 is 1.00 bits per heavy atom. The Labute approximate surface area is 166 Å². The van der Waals surface area contributed by atoms with Crippen LogP contribution in [-0.2, 0) is 29.3 Å². The van der Waals surface area contributed by atoms with Crippen molar-refractivity contribution in [3.05, 3.63) is 53.1 Å². The van der Waals surface area contributed by atoms with Gasteiger partial charge in [-0.25, -0.2) is 8.42 Å². The zero-order valence-electron chi connectivity index (χ0n) is 15.9. The monoisotopic (exact) mass is 399 g/mol. The molecule has 0 spiro atoms. The van der Waals surface area contributed by atoms with Crippen LogP contribution in [0.15, 0.2) is 41.3 Å². The van der Waals surface area contributed by atoms with Crippen molar-refractivity contribution in [1.29, 1.82) is 0 Å². The van der Waals surface area contributed by atoms with E-state index in [0.29, 0.717) is 49.3 Å². The summed E-state index contributed by atoms with van der Waals surface area (Å²) in [6, 6.07) is 12.4. The highest BCUT2D eigenvalue weighted by Crippen LogP contribution is 2.44. The van der Waals surface area contributed by atoms with Crippen molar-refractivity contribution in [3.8, 4) is 11.5 Å². The molecule has 6 heteroatoms. The van der Waals surface area contributed by atoms with Crippen LogP contribution in [0.25, 0.3) is 0 Å². The lowest BCUT2D eigenvalue weighted by Crippen LogP contribution is -2.39. The van der Waals surface area contributed by atoms with Gasteiger partial charge in [-0.1, -0.05) is 30.3 Å². The number of ether oxygens (including phenoxy) is 2. The van der Waals surface area contributed by atoms with Crippen molar-refractivity contribution in [2.45, 2.75) is 37.0 Å². The molecule has 1 fully saturated rings. The molecule has 0 atom stereocenters. The van der Waals surface area contributed by atoms with Gasteiger partial charge in [0.1, 0.15) is 16.4 Å². The van der Waals surface area contributed by atoms with E-state index in [1.54, 1.807) is 4.31 Å². The van der Waals surface area contributed by atoms with Crippen LogP contribution in [0.4, 0.5) is 0 Å². The van der Waals surface area contributed by atoms with Gasteiger partial charge in [0.15, 0.2) is 0 Å². The van der Waals surface area contributed by atoms with E-state index in [2.05, 4.69) is 24.3 Å². The van der Waals surface area contributed by atoms with Gasteiger partial charge in [-0.05, 0) is 36.8 Å². The Bertz CT molecular complexity index is 947. The lowest BCUT2D eigenvalue weighted by molar-refractivity contribution is 0.271. The summed E-state index contributed by atoms with van der Waals surface area (Å²) in [4.78, 5) is 0.372. The van der Waals surface area contributed by atoms with Gasteiger partial charge in [0.25, 0.3) is 0 Å². The predicted molar refractivity (Wildman–Crippen MR) is 106 cm³/mol. The molecule has 1 saturated heterocycles. The fraction of sp³-hybridized carbons (Fsp3) is 0.455.